The van der Waals surface area contributed by atoms with Crippen LogP contribution in [0.1, 0.15) is 38.3 Å². The molecule has 0 spiro atoms. The van der Waals surface area contributed by atoms with E-state index in [0.29, 0.717) is 11.3 Å². The number of carboxylic acids is 1. The van der Waals surface area contributed by atoms with Crippen molar-refractivity contribution in [3.8, 4) is 0 Å². The molecule has 3 rings (SSSR count). The number of thioether (sulfide) groups is 1. The zero-order valence-electron chi connectivity index (χ0n) is 14.3. The van der Waals surface area contributed by atoms with Crippen molar-refractivity contribution in [1.29, 1.82) is 0 Å². The number of rotatable bonds is 4. The van der Waals surface area contributed by atoms with Gasteiger partial charge < -0.3 is 10.0 Å². The summed E-state index contributed by atoms with van der Waals surface area (Å²) in [5, 5.41) is 21.9. The van der Waals surface area contributed by atoms with Gasteiger partial charge in [-0.2, -0.15) is 0 Å². The van der Waals surface area contributed by atoms with Crippen LogP contribution in [0.25, 0.3) is 0 Å². The quantitative estimate of drug-likeness (QED) is 0.605. The number of halogens is 1. The van der Waals surface area contributed by atoms with E-state index in [9.17, 15) is 20.0 Å². The molecular weight excluding hydrogens is 378 g/mol. The summed E-state index contributed by atoms with van der Waals surface area (Å²) in [5.74, 6) is -0.157. The molecule has 1 saturated heterocycles. The number of aliphatic imine (C=N–C) groups is 1. The van der Waals surface area contributed by atoms with Crippen molar-refractivity contribution in [1.82, 2.24) is 4.90 Å². The van der Waals surface area contributed by atoms with Crippen LogP contribution in [0.3, 0.4) is 0 Å². The minimum Gasteiger partial charge on any atom is -0.478 e. The molecule has 2 aliphatic rings. The van der Waals surface area contributed by atoms with Crippen molar-refractivity contribution in [2.75, 3.05) is 5.75 Å². The second-order valence-corrected chi connectivity index (χ2v) is 7.64. The van der Waals surface area contributed by atoms with Crippen molar-refractivity contribution >= 4 is 40.2 Å². The number of nitro groups is 1. The first-order valence-electron chi connectivity index (χ1n) is 8.22. The van der Waals surface area contributed by atoms with E-state index in [1.165, 1.54) is 12.1 Å². The fourth-order valence-electron chi connectivity index (χ4n) is 3.45. The fourth-order valence-corrected chi connectivity index (χ4v) is 4.81. The smallest absolute Gasteiger partial charge is 0.335 e. The summed E-state index contributed by atoms with van der Waals surface area (Å²) in [7, 11) is 0. The number of nitrogens with zero attached hydrogens (tertiary/aromatic N) is 3. The Hall–Kier alpha value is -2.06. The van der Waals surface area contributed by atoms with Crippen LogP contribution in [0.15, 0.2) is 34.5 Å². The summed E-state index contributed by atoms with van der Waals surface area (Å²) in [6, 6.07) is 3.97. The lowest BCUT2D eigenvalue weighted by atomic mass is 9.92. The third-order valence-corrected chi connectivity index (χ3v) is 6.01. The second-order valence-electron chi connectivity index (χ2n) is 6.18. The largest absolute Gasteiger partial charge is 0.478 e. The number of carboxylic acid groups (broad SMARTS) is 1. The number of aliphatic carboxylic acids is 1. The van der Waals surface area contributed by atoms with Crippen molar-refractivity contribution in [3.05, 3.63) is 50.2 Å². The van der Waals surface area contributed by atoms with Crippen molar-refractivity contribution in [3.63, 3.8) is 0 Å². The first-order chi connectivity index (χ1) is 12.3. The molecule has 9 heteroatoms. The Bertz CT molecular complexity index is 839. The van der Waals surface area contributed by atoms with Gasteiger partial charge in [0.2, 0.25) is 0 Å². The summed E-state index contributed by atoms with van der Waals surface area (Å²) in [4.78, 5) is 29.2. The molecular formula is C17H18ClN3O4S. The highest BCUT2D eigenvalue weighted by Crippen LogP contribution is 2.43. The third-order valence-electron chi connectivity index (χ3n) is 4.69. The number of amidine groups is 1. The molecule has 2 heterocycles. The number of fused-ring (bicyclic) bond motifs is 1. The summed E-state index contributed by atoms with van der Waals surface area (Å²) < 4.78 is 0. The Morgan fingerprint density at radius 2 is 2.27 bits per heavy atom. The molecule has 26 heavy (non-hydrogen) atoms. The van der Waals surface area contributed by atoms with Gasteiger partial charge in [0.15, 0.2) is 5.17 Å². The van der Waals surface area contributed by atoms with Crippen LogP contribution in [0.2, 0.25) is 5.02 Å². The molecule has 0 aromatic heterocycles. The van der Waals surface area contributed by atoms with Crippen molar-refractivity contribution in [2.45, 2.75) is 38.8 Å². The van der Waals surface area contributed by atoms with Crippen molar-refractivity contribution in [2.24, 2.45) is 4.99 Å². The SMILES string of the molecule is CCC1CCSC2=NC(C)=C(C(=O)O)C(c3ccc(Cl)c([N+](=O)[O-])c3)N21. The van der Waals surface area contributed by atoms with E-state index in [1.807, 2.05) is 11.8 Å². The van der Waals surface area contributed by atoms with E-state index in [-0.39, 0.29) is 22.3 Å². The number of nitro benzene ring substituents is 1. The first-order valence-corrected chi connectivity index (χ1v) is 9.59. The van der Waals surface area contributed by atoms with Gasteiger partial charge in [0.05, 0.1) is 22.2 Å². The molecule has 0 aliphatic carbocycles. The average Bonchev–Trinajstić information content (AvgIpc) is 2.59. The number of carbonyl (C=O) groups is 1. The van der Waals surface area contributed by atoms with Gasteiger partial charge in [-0.15, -0.1) is 0 Å². The highest BCUT2D eigenvalue weighted by molar-refractivity contribution is 8.13. The van der Waals surface area contributed by atoms with Gasteiger partial charge >= 0.3 is 5.97 Å². The van der Waals surface area contributed by atoms with E-state index in [2.05, 4.69) is 4.99 Å². The lowest BCUT2D eigenvalue weighted by molar-refractivity contribution is -0.384. The van der Waals surface area contributed by atoms with Crippen LogP contribution in [-0.2, 0) is 4.79 Å². The molecule has 1 N–H and O–H groups in total. The van der Waals surface area contributed by atoms with Crippen LogP contribution in [-0.4, -0.2) is 37.9 Å². The molecule has 2 atom stereocenters. The molecule has 1 aromatic rings. The van der Waals surface area contributed by atoms with E-state index in [4.69, 9.17) is 11.6 Å². The topological polar surface area (TPSA) is 96.0 Å². The predicted molar refractivity (Wildman–Crippen MR) is 102 cm³/mol. The maximum atomic E-state index is 12.0. The van der Waals surface area contributed by atoms with E-state index < -0.39 is 16.9 Å². The van der Waals surface area contributed by atoms with E-state index in [1.54, 1.807) is 24.8 Å². The third kappa shape index (κ3) is 3.19. The van der Waals surface area contributed by atoms with E-state index in [0.717, 1.165) is 23.8 Å². The molecule has 0 amide bonds. The molecule has 7 nitrogen and oxygen atoms in total. The van der Waals surface area contributed by atoms with Crippen LogP contribution < -0.4 is 0 Å². The summed E-state index contributed by atoms with van der Waals surface area (Å²) >= 11 is 7.52. The zero-order valence-corrected chi connectivity index (χ0v) is 15.9. The summed E-state index contributed by atoms with van der Waals surface area (Å²) in [5.41, 5.74) is 0.876. The van der Waals surface area contributed by atoms with Crippen LogP contribution in [0, 0.1) is 10.1 Å². The fraction of sp³-hybridized carbons (Fsp3) is 0.412. The zero-order chi connectivity index (χ0) is 19.0. The molecule has 1 aromatic carbocycles. The predicted octanol–water partition coefficient (Wildman–Crippen LogP) is 4.24. The monoisotopic (exact) mass is 395 g/mol. The van der Waals surface area contributed by atoms with Crippen LogP contribution in [0.5, 0.6) is 0 Å². The molecule has 2 unspecified atom stereocenters. The second kappa shape index (κ2) is 7.28. The minimum atomic E-state index is -1.07. The first kappa shape index (κ1) is 18.7. The van der Waals surface area contributed by atoms with Gasteiger partial charge in [-0.05, 0) is 31.4 Å². The van der Waals surface area contributed by atoms with Gasteiger partial charge in [0.25, 0.3) is 5.69 Å². The standard InChI is InChI=1S/C17H18ClN3O4S/c1-3-11-6-7-26-17-19-9(2)14(16(22)23)15(20(11)17)10-4-5-12(18)13(8-10)21(24)25/h4-5,8,11,15H,3,6-7H2,1-2H3,(H,22,23). The number of hydrogen-bond donors (Lipinski definition) is 1. The molecule has 0 saturated carbocycles. The van der Waals surface area contributed by atoms with Gasteiger partial charge in [-0.1, -0.05) is 36.4 Å². The van der Waals surface area contributed by atoms with E-state index >= 15 is 0 Å². The number of benzene rings is 1. The normalized spacial score (nSPS) is 22.7. The van der Waals surface area contributed by atoms with Crippen LogP contribution >= 0.6 is 23.4 Å². The van der Waals surface area contributed by atoms with Gasteiger partial charge in [-0.3, -0.25) is 10.1 Å². The maximum Gasteiger partial charge on any atom is 0.335 e. The Labute approximate surface area is 159 Å². The minimum absolute atomic E-state index is 0.0288. The molecule has 2 aliphatic heterocycles. The Morgan fingerprint density at radius 1 is 1.54 bits per heavy atom. The number of allylic oxidation sites excluding steroid dienone is 1. The molecule has 0 bridgehead atoms. The molecule has 0 radical (unpaired) electrons. The van der Waals surface area contributed by atoms with Gasteiger partial charge in [0.1, 0.15) is 5.02 Å². The highest BCUT2D eigenvalue weighted by atomic mass is 35.5. The van der Waals surface area contributed by atoms with Crippen molar-refractivity contribution < 1.29 is 14.8 Å². The lowest BCUT2D eigenvalue weighted by Gasteiger charge is -2.45. The Balaban J connectivity index is 2.20. The lowest BCUT2D eigenvalue weighted by Crippen LogP contribution is -2.48. The van der Waals surface area contributed by atoms with Gasteiger partial charge in [-0.25, -0.2) is 9.79 Å². The Morgan fingerprint density at radius 3 is 2.88 bits per heavy atom. The van der Waals surface area contributed by atoms with Crippen LogP contribution in [0.4, 0.5) is 5.69 Å². The average molecular weight is 396 g/mol. The van der Waals surface area contributed by atoms with Gasteiger partial charge in [0, 0.05) is 17.9 Å². The molecule has 138 valence electrons. The highest BCUT2D eigenvalue weighted by Gasteiger charge is 2.41. The number of hydrogen-bond acceptors (Lipinski definition) is 6. The molecule has 1 fully saturated rings. The summed E-state index contributed by atoms with van der Waals surface area (Å²) in [6.45, 7) is 3.71. The summed E-state index contributed by atoms with van der Waals surface area (Å²) in [6.07, 6.45) is 1.73. The maximum absolute atomic E-state index is 12.0. The Kier molecular flexibility index (Phi) is 5.24.